The second-order valence-electron chi connectivity index (χ2n) is 8.12. The molecule has 0 saturated carbocycles. The second-order valence-corrected chi connectivity index (χ2v) is 8.12. The van der Waals surface area contributed by atoms with E-state index in [1.165, 1.54) is 12.1 Å². The number of hydrogen-bond acceptors (Lipinski definition) is 7. The zero-order valence-electron chi connectivity index (χ0n) is 20.0. The number of nitrogens with one attached hydrogen (secondary N) is 2. The van der Waals surface area contributed by atoms with Crippen molar-refractivity contribution in [1.29, 1.82) is 0 Å². The van der Waals surface area contributed by atoms with Gasteiger partial charge in [0.05, 0.1) is 22.5 Å². The van der Waals surface area contributed by atoms with Gasteiger partial charge in [0.2, 0.25) is 6.29 Å². The zero-order chi connectivity index (χ0) is 25.8. The van der Waals surface area contributed by atoms with E-state index < -0.39 is 24.2 Å². The highest BCUT2D eigenvalue weighted by Crippen LogP contribution is 2.21. The van der Waals surface area contributed by atoms with Crippen molar-refractivity contribution in [3.8, 4) is 5.75 Å². The van der Waals surface area contributed by atoms with E-state index in [9.17, 15) is 24.6 Å². The molecule has 0 aliphatic rings. The molecule has 9 heteroatoms. The highest BCUT2D eigenvalue weighted by Gasteiger charge is 2.17. The smallest absolute Gasteiger partial charge is 0.336 e. The summed E-state index contributed by atoms with van der Waals surface area (Å²) in [5.74, 6) is -2.46. The van der Waals surface area contributed by atoms with Crippen LogP contribution in [-0.2, 0) is 9.53 Å². The molecule has 9 nitrogen and oxygen atoms in total. The predicted molar refractivity (Wildman–Crippen MR) is 133 cm³/mol. The van der Waals surface area contributed by atoms with E-state index in [1.807, 2.05) is 0 Å². The van der Waals surface area contributed by atoms with Gasteiger partial charge in [-0.3, -0.25) is 0 Å². The first-order valence-electron chi connectivity index (χ1n) is 11.5. The number of benzene rings is 2. The van der Waals surface area contributed by atoms with Crippen molar-refractivity contribution in [2.24, 2.45) is 0 Å². The van der Waals surface area contributed by atoms with Gasteiger partial charge in [0.1, 0.15) is 5.75 Å². The topological polar surface area (TPSA) is 134 Å². The molecular weight excluding hydrogens is 452 g/mol. The highest BCUT2D eigenvalue weighted by atomic mass is 16.7. The van der Waals surface area contributed by atoms with Crippen LogP contribution in [0.2, 0.25) is 0 Å². The van der Waals surface area contributed by atoms with Crippen LogP contribution in [0.3, 0.4) is 0 Å². The van der Waals surface area contributed by atoms with Gasteiger partial charge < -0.3 is 30.5 Å². The number of carboxylic acids is 2. The number of esters is 1. The van der Waals surface area contributed by atoms with Gasteiger partial charge in [-0.15, -0.1) is 0 Å². The molecule has 0 aliphatic carbocycles. The molecule has 1 unspecified atom stereocenters. The van der Waals surface area contributed by atoms with Crippen LogP contribution in [0.15, 0.2) is 54.6 Å². The molecule has 188 valence electrons. The van der Waals surface area contributed by atoms with Crippen LogP contribution in [0.5, 0.6) is 5.75 Å². The molecule has 2 aromatic rings. The molecule has 2 rings (SSSR count). The maximum absolute atomic E-state index is 12.0. The number of unbranched alkanes of at least 4 members (excludes halogenated alkanes) is 4. The first-order valence-corrected chi connectivity index (χ1v) is 11.5. The number of anilines is 2. The van der Waals surface area contributed by atoms with Crippen molar-refractivity contribution < 1.29 is 34.1 Å². The van der Waals surface area contributed by atoms with Crippen molar-refractivity contribution in [1.82, 2.24) is 0 Å². The van der Waals surface area contributed by atoms with E-state index in [4.69, 9.17) is 9.47 Å². The molecule has 0 spiro atoms. The minimum Gasteiger partial charge on any atom is -0.478 e. The summed E-state index contributed by atoms with van der Waals surface area (Å²) in [6.07, 6.45) is 5.16. The molecule has 2 aromatic carbocycles. The van der Waals surface area contributed by atoms with Crippen LogP contribution in [-0.4, -0.2) is 34.4 Å². The summed E-state index contributed by atoms with van der Waals surface area (Å²) in [4.78, 5) is 34.5. The zero-order valence-corrected chi connectivity index (χ0v) is 20.0. The minimum atomic E-state index is -1.23. The monoisotopic (exact) mass is 484 g/mol. The Morgan fingerprint density at radius 2 is 1.46 bits per heavy atom. The van der Waals surface area contributed by atoms with Crippen LogP contribution in [0, 0.1) is 0 Å². The second kappa shape index (κ2) is 13.6. The fourth-order valence-electron chi connectivity index (χ4n) is 3.14. The molecule has 0 radical (unpaired) electrons. The van der Waals surface area contributed by atoms with E-state index in [0.29, 0.717) is 23.4 Å². The summed E-state index contributed by atoms with van der Waals surface area (Å²) >= 11 is 0. The lowest BCUT2D eigenvalue weighted by molar-refractivity contribution is -0.159. The number of ether oxygens (including phenoxy) is 2. The summed E-state index contributed by atoms with van der Waals surface area (Å²) in [6, 6.07) is 10.5. The Kier molecular flexibility index (Phi) is 10.6. The van der Waals surface area contributed by atoms with Gasteiger partial charge in [-0.25, -0.2) is 14.4 Å². The lowest BCUT2D eigenvalue weighted by Gasteiger charge is -2.20. The molecule has 0 aliphatic heterocycles. The van der Waals surface area contributed by atoms with Gasteiger partial charge in [-0.1, -0.05) is 39.2 Å². The Morgan fingerprint density at radius 3 is 2.00 bits per heavy atom. The van der Waals surface area contributed by atoms with E-state index in [0.717, 1.165) is 38.2 Å². The molecule has 0 bridgehead atoms. The number of hydrogen-bond donors (Lipinski definition) is 4. The summed E-state index contributed by atoms with van der Waals surface area (Å²) in [5.41, 5.74) is 6.58. The molecule has 0 amide bonds. The first-order chi connectivity index (χ1) is 16.7. The highest BCUT2D eigenvalue weighted by molar-refractivity contribution is 5.95. The van der Waals surface area contributed by atoms with Crippen molar-refractivity contribution >= 4 is 29.3 Å². The summed E-state index contributed by atoms with van der Waals surface area (Å²) in [7, 11) is 0. The van der Waals surface area contributed by atoms with E-state index >= 15 is 0 Å². The number of carboxylic acid groups (broad SMARTS) is 2. The molecule has 0 aromatic heterocycles. The number of carbonyl (C=O) groups excluding carboxylic acids is 1. The standard InChI is InChI=1S/C26H32N2O7/c1-4-5-6-7-8-9-23(35-26(33)17(2)3)34-22-12-10-20(11-13-22)27-28-21-15-18(24(29)30)14-19(16-21)25(31)32/h10-16,23,27-28H,2,4-9H2,1,3H3,(H,29,30)(H,31,32). The molecule has 1 atom stereocenters. The third kappa shape index (κ3) is 9.40. The van der Waals surface area contributed by atoms with Crippen LogP contribution in [0.4, 0.5) is 11.4 Å². The average molecular weight is 485 g/mol. The third-order valence-corrected chi connectivity index (χ3v) is 5.03. The van der Waals surface area contributed by atoms with Gasteiger partial charge in [-0.2, -0.15) is 0 Å². The SMILES string of the molecule is C=C(C)C(=O)OC(CCCCCCC)Oc1ccc(NNc2cc(C(=O)O)cc(C(=O)O)c2)cc1. The van der Waals surface area contributed by atoms with Crippen LogP contribution in [0.25, 0.3) is 0 Å². The number of aromatic carboxylic acids is 2. The predicted octanol–water partition coefficient (Wildman–Crippen LogP) is 5.71. The van der Waals surface area contributed by atoms with Gasteiger partial charge in [0.25, 0.3) is 0 Å². The van der Waals surface area contributed by atoms with Crippen LogP contribution < -0.4 is 15.6 Å². The van der Waals surface area contributed by atoms with E-state index in [2.05, 4.69) is 24.4 Å². The summed E-state index contributed by atoms with van der Waals surface area (Å²) in [5, 5.41) is 18.4. The Bertz CT molecular complexity index is 1000. The number of carbonyl (C=O) groups is 3. The molecule has 0 fully saturated rings. The fourth-order valence-corrected chi connectivity index (χ4v) is 3.14. The van der Waals surface area contributed by atoms with Crippen molar-refractivity contribution in [3.05, 3.63) is 65.7 Å². The van der Waals surface area contributed by atoms with Crippen LogP contribution in [0.1, 0.15) is 73.1 Å². The lowest BCUT2D eigenvalue weighted by Crippen LogP contribution is -2.24. The maximum Gasteiger partial charge on any atom is 0.336 e. The Hall–Kier alpha value is -4.01. The molecule has 35 heavy (non-hydrogen) atoms. The number of rotatable bonds is 15. The third-order valence-electron chi connectivity index (χ3n) is 5.03. The van der Waals surface area contributed by atoms with Crippen molar-refractivity contribution in [2.75, 3.05) is 10.9 Å². The van der Waals surface area contributed by atoms with Crippen molar-refractivity contribution in [2.45, 2.75) is 58.7 Å². The summed E-state index contributed by atoms with van der Waals surface area (Å²) in [6.45, 7) is 7.34. The van der Waals surface area contributed by atoms with Gasteiger partial charge in [0, 0.05) is 12.0 Å². The molecular formula is C26H32N2O7. The molecule has 0 heterocycles. The molecule has 0 saturated heterocycles. The Morgan fingerprint density at radius 1 is 0.886 bits per heavy atom. The van der Waals surface area contributed by atoms with Gasteiger partial charge in [-0.05, 0) is 55.8 Å². The fraction of sp³-hybridized carbons (Fsp3) is 0.346. The largest absolute Gasteiger partial charge is 0.478 e. The Balaban J connectivity index is 2.00. The van der Waals surface area contributed by atoms with Crippen molar-refractivity contribution in [3.63, 3.8) is 0 Å². The minimum absolute atomic E-state index is 0.150. The van der Waals surface area contributed by atoms with Gasteiger partial charge in [0.15, 0.2) is 0 Å². The lowest BCUT2D eigenvalue weighted by atomic mass is 10.1. The normalized spacial score (nSPS) is 11.3. The number of hydrazine groups is 1. The summed E-state index contributed by atoms with van der Waals surface area (Å²) < 4.78 is 11.3. The van der Waals surface area contributed by atoms with Crippen LogP contribution >= 0.6 is 0 Å². The average Bonchev–Trinajstić information content (AvgIpc) is 2.83. The maximum atomic E-state index is 12.0. The first kappa shape index (κ1) is 27.2. The van der Waals surface area contributed by atoms with E-state index in [-0.39, 0.29) is 16.8 Å². The molecule has 4 N–H and O–H groups in total. The quantitative estimate of drug-likeness (QED) is 0.0824. The van der Waals surface area contributed by atoms with E-state index in [1.54, 1.807) is 31.2 Å². The Labute approximate surface area is 204 Å². The van der Waals surface area contributed by atoms with Gasteiger partial charge >= 0.3 is 17.9 Å².